The molecule has 0 aliphatic heterocycles. The number of benzene rings is 1. The molecular formula is C15H20ClN3O. The molecule has 0 radical (unpaired) electrons. The quantitative estimate of drug-likeness (QED) is 0.920. The highest BCUT2D eigenvalue weighted by Crippen LogP contribution is 2.32. The molecule has 0 spiro atoms. The lowest BCUT2D eigenvalue weighted by atomic mass is 10.0. The molecule has 1 aromatic heterocycles. The van der Waals surface area contributed by atoms with Gasteiger partial charge in [0.15, 0.2) is 0 Å². The first-order valence-electron chi connectivity index (χ1n) is 6.69. The van der Waals surface area contributed by atoms with Crippen molar-refractivity contribution in [3.8, 4) is 5.75 Å². The molecule has 1 unspecified atom stereocenters. The maximum atomic E-state index is 6.39. The van der Waals surface area contributed by atoms with Crippen LogP contribution in [0.5, 0.6) is 5.75 Å². The van der Waals surface area contributed by atoms with Crippen molar-refractivity contribution in [3.63, 3.8) is 0 Å². The number of aryl methyl sites for hydroxylation is 2. The van der Waals surface area contributed by atoms with Gasteiger partial charge in [0.2, 0.25) is 0 Å². The third-order valence-electron chi connectivity index (χ3n) is 3.29. The molecule has 108 valence electrons. The highest BCUT2D eigenvalue weighted by Gasteiger charge is 2.21. The van der Waals surface area contributed by atoms with Gasteiger partial charge in [0.05, 0.1) is 30.1 Å². The van der Waals surface area contributed by atoms with Gasteiger partial charge < -0.3 is 10.5 Å². The second-order valence-corrected chi connectivity index (χ2v) is 5.23. The fraction of sp³-hybridized carbons (Fsp3) is 0.400. The predicted molar refractivity (Wildman–Crippen MR) is 81.3 cm³/mol. The van der Waals surface area contributed by atoms with Crippen molar-refractivity contribution in [2.24, 2.45) is 5.73 Å². The number of methoxy groups -OCH3 is 1. The van der Waals surface area contributed by atoms with E-state index in [-0.39, 0.29) is 6.04 Å². The Morgan fingerprint density at radius 3 is 2.85 bits per heavy atom. The van der Waals surface area contributed by atoms with Gasteiger partial charge in [-0.3, -0.25) is 4.68 Å². The van der Waals surface area contributed by atoms with Gasteiger partial charge in [0.1, 0.15) is 5.75 Å². The Balaban J connectivity index is 2.45. The van der Waals surface area contributed by atoms with E-state index in [0.29, 0.717) is 5.02 Å². The van der Waals surface area contributed by atoms with Crippen LogP contribution >= 0.6 is 11.6 Å². The van der Waals surface area contributed by atoms with Crippen LogP contribution in [0.25, 0.3) is 0 Å². The first-order chi connectivity index (χ1) is 9.58. The number of hydrogen-bond acceptors (Lipinski definition) is 3. The molecule has 0 bridgehead atoms. The molecule has 2 rings (SSSR count). The molecule has 0 aliphatic carbocycles. The van der Waals surface area contributed by atoms with Crippen molar-refractivity contribution in [3.05, 3.63) is 46.2 Å². The fourth-order valence-electron chi connectivity index (χ4n) is 2.29. The third-order valence-corrected chi connectivity index (χ3v) is 3.58. The Bertz CT molecular complexity index is 595. The van der Waals surface area contributed by atoms with Crippen LogP contribution in [0.2, 0.25) is 5.02 Å². The summed E-state index contributed by atoms with van der Waals surface area (Å²) in [5.74, 6) is 0.776. The molecule has 0 aliphatic rings. The first-order valence-corrected chi connectivity index (χ1v) is 7.07. The molecule has 0 fully saturated rings. The summed E-state index contributed by atoms with van der Waals surface area (Å²) in [4.78, 5) is 0. The van der Waals surface area contributed by atoms with Crippen LogP contribution in [0.1, 0.15) is 36.2 Å². The Morgan fingerprint density at radius 2 is 2.20 bits per heavy atom. The van der Waals surface area contributed by atoms with Crippen LogP contribution in [0, 0.1) is 6.92 Å². The summed E-state index contributed by atoms with van der Waals surface area (Å²) < 4.78 is 7.30. The molecule has 0 saturated carbocycles. The number of aromatic nitrogens is 2. The second-order valence-electron chi connectivity index (χ2n) is 4.82. The maximum absolute atomic E-state index is 6.39. The SMILES string of the molecule is CCCn1ncc(Cl)c1C(N)c1ccc(C)cc1OC. The third kappa shape index (κ3) is 2.81. The lowest BCUT2D eigenvalue weighted by molar-refractivity contribution is 0.406. The molecule has 0 saturated heterocycles. The topological polar surface area (TPSA) is 53.1 Å². The Kier molecular flexibility index (Phi) is 4.68. The van der Waals surface area contributed by atoms with E-state index in [2.05, 4.69) is 12.0 Å². The Morgan fingerprint density at radius 1 is 1.45 bits per heavy atom. The minimum absolute atomic E-state index is 0.355. The molecule has 2 aromatic rings. The van der Waals surface area contributed by atoms with Crippen LogP contribution in [0.4, 0.5) is 0 Å². The number of ether oxygens (including phenoxy) is 1. The predicted octanol–water partition coefficient (Wildman–Crippen LogP) is 3.31. The highest BCUT2D eigenvalue weighted by atomic mass is 35.5. The standard InChI is InChI=1S/C15H20ClN3O/c1-4-7-19-15(12(16)9-18-19)14(17)11-6-5-10(2)8-13(11)20-3/h5-6,8-9,14H,4,7,17H2,1-3H3. The van der Waals surface area contributed by atoms with E-state index < -0.39 is 0 Å². The molecule has 1 heterocycles. The summed E-state index contributed by atoms with van der Waals surface area (Å²) in [6.45, 7) is 4.91. The molecule has 4 nitrogen and oxygen atoms in total. The summed E-state index contributed by atoms with van der Waals surface area (Å²) in [6.07, 6.45) is 2.62. The van der Waals surface area contributed by atoms with Crippen LogP contribution in [0.3, 0.4) is 0 Å². The van der Waals surface area contributed by atoms with Gasteiger partial charge in [0.25, 0.3) is 0 Å². The van der Waals surface area contributed by atoms with Crippen LogP contribution in [-0.4, -0.2) is 16.9 Å². The van der Waals surface area contributed by atoms with Gasteiger partial charge >= 0.3 is 0 Å². The van der Waals surface area contributed by atoms with Crippen molar-refractivity contribution in [1.29, 1.82) is 0 Å². The summed E-state index contributed by atoms with van der Waals surface area (Å²) >= 11 is 6.25. The van der Waals surface area contributed by atoms with Crippen molar-refractivity contribution in [2.75, 3.05) is 7.11 Å². The van der Waals surface area contributed by atoms with Crippen LogP contribution in [0.15, 0.2) is 24.4 Å². The van der Waals surface area contributed by atoms with Crippen LogP contribution in [-0.2, 0) is 6.54 Å². The number of nitrogens with two attached hydrogens (primary N) is 1. The molecule has 0 amide bonds. The monoisotopic (exact) mass is 293 g/mol. The summed E-state index contributed by atoms with van der Waals surface area (Å²) in [6, 6.07) is 5.63. The van der Waals surface area contributed by atoms with Gasteiger partial charge in [0, 0.05) is 12.1 Å². The summed E-state index contributed by atoms with van der Waals surface area (Å²) in [5, 5.41) is 4.88. The molecule has 20 heavy (non-hydrogen) atoms. The smallest absolute Gasteiger partial charge is 0.124 e. The van der Waals surface area contributed by atoms with E-state index in [1.54, 1.807) is 13.3 Å². The van der Waals surface area contributed by atoms with Gasteiger partial charge in [-0.2, -0.15) is 5.10 Å². The highest BCUT2D eigenvalue weighted by molar-refractivity contribution is 6.31. The van der Waals surface area contributed by atoms with Crippen molar-refractivity contribution < 1.29 is 4.74 Å². The van der Waals surface area contributed by atoms with E-state index >= 15 is 0 Å². The second kappa shape index (κ2) is 6.29. The lowest BCUT2D eigenvalue weighted by Crippen LogP contribution is -2.19. The summed E-state index contributed by atoms with van der Waals surface area (Å²) in [7, 11) is 1.65. The molecule has 1 aromatic carbocycles. The zero-order valence-corrected chi connectivity index (χ0v) is 12.8. The van der Waals surface area contributed by atoms with Gasteiger partial charge in [-0.1, -0.05) is 30.7 Å². The van der Waals surface area contributed by atoms with Crippen molar-refractivity contribution >= 4 is 11.6 Å². The number of nitrogens with zero attached hydrogens (tertiary/aromatic N) is 2. The zero-order chi connectivity index (χ0) is 14.7. The minimum Gasteiger partial charge on any atom is -0.496 e. The van der Waals surface area contributed by atoms with E-state index in [9.17, 15) is 0 Å². The molecular weight excluding hydrogens is 274 g/mol. The van der Waals surface area contributed by atoms with E-state index in [1.165, 1.54) is 0 Å². The molecule has 2 N–H and O–H groups in total. The minimum atomic E-state index is -0.355. The molecule has 5 heteroatoms. The van der Waals surface area contributed by atoms with E-state index in [1.807, 2.05) is 29.8 Å². The summed E-state index contributed by atoms with van der Waals surface area (Å²) in [5.41, 5.74) is 9.27. The van der Waals surface area contributed by atoms with Crippen molar-refractivity contribution in [1.82, 2.24) is 9.78 Å². The van der Waals surface area contributed by atoms with Gasteiger partial charge in [-0.15, -0.1) is 0 Å². The lowest BCUT2D eigenvalue weighted by Gasteiger charge is -2.18. The maximum Gasteiger partial charge on any atom is 0.124 e. The van der Waals surface area contributed by atoms with E-state index in [4.69, 9.17) is 22.1 Å². The zero-order valence-electron chi connectivity index (χ0n) is 12.1. The van der Waals surface area contributed by atoms with Gasteiger partial charge in [-0.05, 0) is 25.0 Å². The Labute approximate surface area is 124 Å². The normalized spacial score (nSPS) is 12.4. The van der Waals surface area contributed by atoms with Crippen LogP contribution < -0.4 is 10.5 Å². The van der Waals surface area contributed by atoms with Crippen molar-refractivity contribution in [2.45, 2.75) is 32.9 Å². The number of halogens is 1. The fourth-order valence-corrected chi connectivity index (χ4v) is 2.55. The number of hydrogen-bond donors (Lipinski definition) is 1. The number of rotatable bonds is 5. The Hall–Kier alpha value is -1.52. The van der Waals surface area contributed by atoms with Gasteiger partial charge in [-0.25, -0.2) is 0 Å². The van der Waals surface area contributed by atoms with E-state index in [0.717, 1.165) is 35.5 Å². The average Bonchev–Trinajstić information content (AvgIpc) is 2.79. The average molecular weight is 294 g/mol. The molecule has 1 atom stereocenters. The first kappa shape index (κ1) is 14.9. The largest absolute Gasteiger partial charge is 0.496 e.